The van der Waals surface area contributed by atoms with Gasteiger partial charge in [-0.1, -0.05) is 22.0 Å². The van der Waals surface area contributed by atoms with Crippen LogP contribution in [0.2, 0.25) is 0 Å². The van der Waals surface area contributed by atoms with Gasteiger partial charge in [-0.15, -0.1) is 0 Å². The van der Waals surface area contributed by atoms with Gasteiger partial charge in [0.2, 0.25) is 0 Å². The van der Waals surface area contributed by atoms with Crippen molar-refractivity contribution in [3.63, 3.8) is 0 Å². The lowest BCUT2D eigenvalue weighted by molar-refractivity contribution is 0.116. The molecule has 0 radical (unpaired) electrons. The molecule has 1 aliphatic rings. The van der Waals surface area contributed by atoms with Gasteiger partial charge in [0.15, 0.2) is 0 Å². The van der Waals surface area contributed by atoms with Gasteiger partial charge in [-0.2, -0.15) is 0 Å². The Morgan fingerprint density at radius 3 is 2.31 bits per heavy atom. The van der Waals surface area contributed by atoms with Crippen LogP contribution < -0.4 is 16.4 Å². The second-order valence-corrected chi connectivity index (χ2v) is 11.8. The molecule has 0 aliphatic heterocycles. The van der Waals surface area contributed by atoms with Crippen LogP contribution in [0.1, 0.15) is 69.2 Å². The summed E-state index contributed by atoms with van der Waals surface area (Å²) < 4.78 is 1.95. The van der Waals surface area contributed by atoms with Crippen LogP contribution in [-0.2, 0) is 13.2 Å². The highest BCUT2D eigenvalue weighted by Gasteiger charge is 2.19. The van der Waals surface area contributed by atoms with Gasteiger partial charge in [0.1, 0.15) is 5.75 Å². The van der Waals surface area contributed by atoms with Gasteiger partial charge in [0, 0.05) is 39.2 Å². The van der Waals surface area contributed by atoms with E-state index in [4.69, 9.17) is 10.8 Å². The molecule has 1 unspecified atom stereocenters. The van der Waals surface area contributed by atoms with Gasteiger partial charge in [0.05, 0.1) is 24.5 Å². The molecular formula is C26H39Br2N3O4. The van der Waals surface area contributed by atoms with Crippen molar-refractivity contribution in [2.24, 2.45) is 0 Å². The third kappa shape index (κ3) is 10.4. The number of hydrogen-bond donors (Lipinski definition) is 7. The topological polar surface area (TPSA) is 131 Å². The number of aliphatic hydroxyl groups excluding tert-OH is 3. The van der Waals surface area contributed by atoms with Gasteiger partial charge < -0.3 is 36.8 Å². The van der Waals surface area contributed by atoms with E-state index in [2.05, 4.69) is 42.5 Å². The largest absolute Gasteiger partial charge is 0.508 e. The van der Waals surface area contributed by atoms with Crippen LogP contribution in [-0.4, -0.2) is 44.7 Å². The standard InChI is InChI=1S/C13H18Br2N2O.C13H21NO3/c14-9-5-8(13(16)12(15)6-9)7-17-10-1-3-11(18)4-2-10;1-13(2,3)14-7-12(17)9-4-5-11(16)10(6-9)8-15/h5-6,10-11,17-18H,1-4,7,16H2;4-6,12,14-17H,7-8H2,1-3H3. The molecular weight excluding hydrogens is 578 g/mol. The lowest BCUT2D eigenvalue weighted by Gasteiger charge is -2.26. The molecule has 196 valence electrons. The molecule has 8 N–H and O–H groups in total. The van der Waals surface area contributed by atoms with Crippen LogP contribution in [0.5, 0.6) is 5.75 Å². The molecule has 0 amide bonds. The number of rotatable bonds is 7. The molecule has 2 aromatic rings. The first-order valence-corrected chi connectivity index (χ1v) is 13.5. The first-order valence-electron chi connectivity index (χ1n) is 11.9. The number of anilines is 1. The van der Waals surface area contributed by atoms with Gasteiger partial charge in [-0.25, -0.2) is 0 Å². The summed E-state index contributed by atoms with van der Waals surface area (Å²) in [4.78, 5) is 0. The van der Waals surface area contributed by atoms with E-state index in [0.717, 1.165) is 52.4 Å². The van der Waals surface area contributed by atoms with E-state index in [1.54, 1.807) is 12.1 Å². The first-order chi connectivity index (χ1) is 16.4. The average molecular weight is 617 g/mol. The highest BCUT2D eigenvalue weighted by molar-refractivity contribution is 9.11. The minimum Gasteiger partial charge on any atom is -0.508 e. The van der Waals surface area contributed by atoms with Crippen LogP contribution in [0.3, 0.4) is 0 Å². The normalized spacial score (nSPS) is 19.1. The smallest absolute Gasteiger partial charge is 0.121 e. The number of halogens is 2. The van der Waals surface area contributed by atoms with Crippen LogP contribution >= 0.6 is 31.9 Å². The lowest BCUT2D eigenvalue weighted by atomic mass is 9.93. The summed E-state index contributed by atoms with van der Waals surface area (Å²) in [5, 5.41) is 44.6. The van der Waals surface area contributed by atoms with Crippen molar-refractivity contribution in [1.29, 1.82) is 0 Å². The number of aliphatic hydroxyl groups is 3. The molecule has 2 aromatic carbocycles. The SMILES string of the molecule is CC(C)(C)NCC(O)c1ccc(O)c(CO)c1.Nc1c(Br)cc(Br)cc1CNC1CCC(O)CC1. The fourth-order valence-corrected chi connectivity index (χ4v) is 5.09. The number of aromatic hydroxyl groups is 1. The highest BCUT2D eigenvalue weighted by atomic mass is 79.9. The van der Waals surface area contributed by atoms with Crippen LogP contribution in [0.4, 0.5) is 5.69 Å². The van der Waals surface area contributed by atoms with Crippen molar-refractivity contribution in [2.45, 2.75) is 83.4 Å². The van der Waals surface area contributed by atoms with Crippen LogP contribution in [0, 0.1) is 0 Å². The van der Waals surface area contributed by atoms with Crippen LogP contribution in [0.15, 0.2) is 39.3 Å². The summed E-state index contributed by atoms with van der Waals surface area (Å²) in [7, 11) is 0. The summed E-state index contributed by atoms with van der Waals surface area (Å²) in [6.07, 6.45) is 3.12. The minimum absolute atomic E-state index is 0.0484. The van der Waals surface area contributed by atoms with E-state index < -0.39 is 6.10 Å². The van der Waals surface area contributed by atoms with Crippen molar-refractivity contribution in [3.8, 4) is 5.75 Å². The summed E-state index contributed by atoms with van der Waals surface area (Å²) >= 11 is 6.93. The van der Waals surface area contributed by atoms with Crippen LogP contribution in [0.25, 0.3) is 0 Å². The summed E-state index contributed by atoms with van der Waals surface area (Å²) in [5.74, 6) is 0.0484. The summed E-state index contributed by atoms with van der Waals surface area (Å²) in [5.41, 5.74) is 8.99. The average Bonchev–Trinajstić information content (AvgIpc) is 2.80. The Morgan fingerprint density at radius 2 is 1.71 bits per heavy atom. The molecule has 1 aliphatic carbocycles. The number of hydrogen-bond acceptors (Lipinski definition) is 7. The summed E-state index contributed by atoms with van der Waals surface area (Å²) in [6, 6.07) is 9.25. The number of phenols is 1. The molecule has 3 rings (SSSR count). The zero-order valence-electron chi connectivity index (χ0n) is 20.7. The Balaban J connectivity index is 0.000000247. The van der Waals surface area contributed by atoms with E-state index in [-0.39, 0.29) is 24.0 Å². The number of β-amino-alcohol motifs (C(OH)–C–C–N with tert-alkyl or cyclic N) is 1. The van der Waals surface area contributed by atoms with E-state index in [1.165, 1.54) is 6.07 Å². The summed E-state index contributed by atoms with van der Waals surface area (Å²) in [6.45, 7) is 7.03. The Hall–Kier alpha value is -1.20. The second-order valence-electron chi connectivity index (χ2n) is 10.0. The van der Waals surface area contributed by atoms with Crippen molar-refractivity contribution >= 4 is 37.5 Å². The van der Waals surface area contributed by atoms with E-state index in [1.807, 2.05) is 32.9 Å². The quantitative estimate of drug-likeness (QED) is 0.228. The molecule has 1 atom stereocenters. The Labute approximate surface area is 225 Å². The van der Waals surface area contributed by atoms with Gasteiger partial charge in [-0.05, 0) is 97.8 Å². The first kappa shape index (κ1) is 30.0. The molecule has 1 fully saturated rings. The van der Waals surface area contributed by atoms with E-state index in [9.17, 15) is 15.3 Å². The molecule has 7 nitrogen and oxygen atoms in total. The van der Waals surface area contributed by atoms with Crippen molar-refractivity contribution < 1.29 is 20.4 Å². The van der Waals surface area contributed by atoms with Gasteiger partial charge in [0.25, 0.3) is 0 Å². The predicted octanol–water partition coefficient (Wildman–Crippen LogP) is 4.49. The number of nitrogens with one attached hydrogen (secondary N) is 2. The fraction of sp³-hybridized carbons (Fsp3) is 0.538. The lowest BCUT2D eigenvalue weighted by Crippen LogP contribution is -2.38. The maximum Gasteiger partial charge on any atom is 0.121 e. The number of nitrogens with two attached hydrogens (primary N) is 1. The number of benzene rings is 2. The van der Waals surface area contributed by atoms with Gasteiger partial charge in [-0.3, -0.25) is 0 Å². The second kappa shape index (κ2) is 13.9. The van der Waals surface area contributed by atoms with Crippen molar-refractivity contribution in [3.05, 3.63) is 56.0 Å². The van der Waals surface area contributed by atoms with Gasteiger partial charge >= 0.3 is 0 Å². The maximum atomic E-state index is 9.97. The molecule has 9 heteroatoms. The minimum atomic E-state index is -0.653. The Kier molecular flexibility index (Phi) is 11.9. The Morgan fingerprint density at radius 1 is 1.06 bits per heavy atom. The number of nitrogen functional groups attached to an aromatic ring is 1. The monoisotopic (exact) mass is 615 g/mol. The zero-order chi connectivity index (χ0) is 26.2. The Bertz CT molecular complexity index is 945. The predicted molar refractivity (Wildman–Crippen MR) is 148 cm³/mol. The molecule has 0 bridgehead atoms. The molecule has 0 heterocycles. The highest BCUT2D eigenvalue weighted by Crippen LogP contribution is 2.29. The molecule has 1 saturated carbocycles. The zero-order valence-corrected chi connectivity index (χ0v) is 23.9. The third-order valence-corrected chi connectivity index (χ3v) is 7.06. The van der Waals surface area contributed by atoms with E-state index >= 15 is 0 Å². The molecule has 0 spiro atoms. The maximum absolute atomic E-state index is 9.97. The fourth-order valence-electron chi connectivity index (χ4n) is 3.78. The molecule has 0 saturated heterocycles. The molecule has 0 aromatic heterocycles. The molecule has 35 heavy (non-hydrogen) atoms. The van der Waals surface area contributed by atoms with Crippen molar-refractivity contribution in [1.82, 2.24) is 10.6 Å². The van der Waals surface area contributed by atoms with E-state index in [0.29, 0.717) is 23.7 Å². The third-order valence-electron chi connectivity index (χ3n) is 5.94. The van der Waals surface area contributed by atoms with Crippen molar-refractivity contribution in [2.75, 3.05) is 12.3 Å².